The molecule has 5 heteroatoms. The summed E-state index contributed by atoms with van der Waals surface area (Å²) in [5.41, 5.74) is 8.34. The predicted molar refractivity (Wildman–Crippen MR) is 172 cm³/mol. The van der Waals surface area contributed by atoms with E-state index in [4.69, 9.17) is 9.97 Å². The van der Waals surface area contributed by atoms with Gasteiger partial charge >= 0.3 is 0 Å². The van der Waals surface area contributed by atoms with E-state index in [1.54, 1.807) is 6.07 Å². The SMILES string of the molecule is CC(C)(C)c1cc(-c2[c-]c(-c3nccc4ccccc34)ccc2)c2nc(-c3ccccc3O)n(-c3ccccc3)c2c1.[Pt]. The molecule has 0 spiro atoms. The normalized spacial score (nSPS) is 11.5. The van der Waals surface area contributed by atoms with Crippen molar-refractivity contribution in [1.82, 2.24) is 14.5 Å². The molecule has 7 rings (SSSR count). The Morgan fingerprint density at radius 1 is 0.721 bits per heavy atom. The van der Waals surface area contributed by atoms with Crippen molar-refractivity contribution in [2.24, 2.45) is 0 Å². The average molecular weight is 740 g/mol. The minimum Gasteiger partial charge on any atom is -0.507 e. The van der Waals surface area contributed by atoms with Crippen LogP contribution in [0.3, 0.4) is 0 Å². The first-order chi connectivity index (χ1) is 20.4. The molecule has 0 atom stereocenters. The maximum atomic E-state index is 10.9. The zero-order valence-electron chi connectivity index (χ0n) is 24.2. The monoisotopic (exact) mass is 739 g/mol. The summed E-state index contributed by atoms with van der Waals surface area (Å²) < 4.78 is 2.15. The maximum Gasteiger partial charge on any atom is 0.148 e. The molecule has 0 unspecified atom stereocenters. The van der Waals surface area contributed by atoms with Crippen molar-refractivity contribution < 1.29 is 26.2 Å². The molecule has 214 valence electrons. The predicted octanol–water partition coefficient (Wildman–Crippen LogP) is 9.38. The summed E-state index contributed by atoms with van der Waals surface area (Å²) in [5, 5.41) is 13.2. The van der Waals surface area contributed by atoms with Gasteiger partial charge in [-0.1, -0.05) is 92.6 Å². The molecule has 43 heavy (non-hydrogen) atoms. The number of rotatable bonds is 4. The molecule has 7 aromatic rings. The Bertz CT molecular complexity index is 2090. The molecule has 0 aliphatic rings. The molecule has 5 aromatic carbocycles. The van der Waals surface area contributed by atoms with Crippen LogP contribution in [0.2, 0.25) is 0 Å². The Morgan fingerprint density at radius 2 is 1.44 bits per heavy atom. The van der Waals surface area contributed by atoms with E-state index in [9.17, 15) is 5.11 Å². The molecule has 0 fully saturated rings. The van der Waals surface area contributed by atoms with E-state index in [0.717, 1.165) is 49.9 Å². The molecule has 0 aliphatic carbocycles. The fourth-order valence-corrected chi connectivity index (χ4v) is 5.60. The van der Waals surface area contributed by atoms with Crippen molar-refractivity contribution in [3.8, 4) is 45.2 Å². The van der Waals surface area contributed by atoms with Crippen LogP contribution in [0.5, 0.6) is 5.75 Å². The van der Waals surface area contributed by atoms with Crippen LogP contribution in [0.4, 0.5) is 0 Å². The second-order valence-electron chi connectivity index (χ2n) is 11.6. The molecule has 4 nitrogen and oxygen atoms in total. The van der Waals surface area contributed by atoms with Crippen LogP contribution in [0.25, 0.3) is 61.3 Å². The molecule has 2 aromatic heterocycles. The zero-order valence-corrected chi connectivity index (χ0v) is 26.4. The van der Waals surface area contributed by atoms with Crippen LogP contribution in [0.1, 0.15) is 26.3 Å². The Labute approximate surface area is 266 Å². The van der Waals surface area contributed by atoms with E-state index < -0.39 is 0 Å². The van der Waals surface area contributed by atoms with Crippen LogP contribution in [0, 0.1) is 6.07 Å². The summed E-state index contributed by atoms with van der Waals surface area (Å²) >= 11 is 0. The van der Waals surface area contributed by atoms with Gasteiger partial charge in [-0.2, -0.15) is 0 Å². The van der Waals surface area contributed by atoms with Crippen molar-refractivity contribution in [2.75, 3.05) is 0 Å². The van der Waals surface area contributed by atoms with Crippen LogP contribution in [-0.2, 0) is 26.5 Å². The Balaban J connectivity index is 0.00000329. The zero-order chi connectivity index (χ0) is 28.8. The van der Waals surface area contributed by atoms with Gasteiger partial charge in [0.25, 0.3) is 0 Å². The number of aromatic hydroxyl groups is 1. The Hall–Kier alpha value is -4.53. The van der Waals surface area contributed by atoms with Crippen LogP contribution >= 0.6 is 0 Å². The summed E-state index contributed by atoms with van der Waals surface area (Å²) in [6, 6.07) is 42.4. The number of nitrogens with zero attached hydrogens (tertiary/aromatic N) is 3. The van der Waals surface area contributed by atoms with Gasteiger partial charge in [0, 0.05) is 38.6 Å². The van der Waals surface area contributed by atoms with E-state index in [1.165, 1.54) is 5.56 Å². The van der Waals surface area contributed by atoms with Crippen LogP contribution in [-0.4, -0.2) is 19.6 Å². The van der Waals surface area contributed by atoms with Crippen molar-refractivity contribution in [3.05, 3.63) is 133 Å². The van der Waals surface area contributed by atoms with Crippen molar-refractivity contribution in [2.45, 2.75) is 26.2 Å². The molecule has 0 radical (unpaired) electrons. The number of phenolic OH excluding ortho intramolecular Hbond substituents is 1. The van der Waals surface area contributed by atoms with Gasteiger partial charge in [0.05, 0.1) is 16.6 Å². The van der Waals surface area contributed by atoms with E-state index in [2.05, 4.69) is 86.0 Å². The third-order valence-electron chi connectivity index (χ3n) is 7.80. The number of hydrogen-bond donors (Lipinski definition) is 1. The van der Waals surface area contributed by atoms with Crippen LogP contribution < -0.4 is 0 Å². The van der Waals surface area contributed by atoms with Gasteiger partial charge in [-0.25, -0.2) is 4.98 Å². The number of fused-ring (bicyclic) bond motifs is 2. The fourth-order valence-electron chi connectivity index (χ4n) is 5.60. The molecular weight excluding hydrogens is 710 g/mol. The van der Waals surface area contributed by atoms with E-state index in [-0.39, 0.29) is 32.2 Å². The first kappa shape index (κ1) is 28.6. The van der Waals surface area contributed by atoms with Gasteiger partial charge in [0.2, 0.25) is 0 Å². The number of hydrogen-bond acceptors (Lipinski definition) is 3. The van der Waals surface area contributed by atoms with Gasteiger partial charge in [-0.15, -0.1) is 29.8 Å². The smallest absolute Gasteiger partial charge is 0.148 e. The molecule has 0 bridgehead atoms. The minimum atomic E-state index is -0.113. The van der Waals surface area contributed by atoms with Gasteiger partial charge < -0.3 is 5.11 Å². The second-order valence-corrected chi connectivity index (χ2v) is 11.6. The third-order valence-corrected chi connectivity index (χ3v) is 7.80. The standard InChI is InChI=1S/C38H30N3O.Pt/c1-38(2,3)28-23-32(26-13-11-14-27(22-26)35-30-17-8-7-12-25(30)20-21-39-35)36-33(24-28)41(29-15-5-4-6-16-29)37(40-36)31-18-9-10-19-34(31)42;/h4-21,23-24,42H,1-3H3;/q-1;. The second kappa shape index (κ2) is 11.3. The van der Waals surface area contributed by atoms with E-state index in [1.807, 2.05) is 60.8 Å². The molecule has 0 aliphatic heterocycles. The Kier molecular flexibility index (Phi) is 7.50. The molecule has 0 saturated carbocycles. The largest absolute Gasteiger partial charge is 0.507 e. The number of pyridine rings is 1. The third kappa shape index (κ3) is 5.17. The molecule has 2 heterocycles. The first-order valence-electron chi connectivity index (χ1n) is 14.2. The summed E-state index contributed by atoms with van der Waals surface area (Å²) in [4.78, 5) is 10.00. The van der Waals surface area contributed by atoms with Crippen LogP contribution in [0.15, 0.2) is 121 Å². The van der Waals surface area contributed by atoms with Gasteiger partial charge in [-0.3, -0.25) is 9.55 Å². The number of benzene rings is 5. The number of imidazole rings is 1. The molecule has 0 saturated heterocycles. The van der Waals surface area contributed by atoms with E-state index >= 15 is 0 Å². The van der Waals surface area contributed by atoms with Crippen molar-refractivity contribution in [1.29, 1.82) is 0 Å². The van der Waals surface area contributed by atoms with Crippen molar-refractivity contribution in [3.63, 3.8) is 0 Å². The molecular formula is C38H30N3OPt-. The van der Waals surface area contributed by atoms with Gasteiger partial charge in [0.1, 0.15) is 11.6 Å². The first-order valence-corrected chi connectivity index (χ1v) is 14.2. The van der Waals surface area contributed by atoms with Crippen molar-refractivity contribution >= 4 is 21.8 Å². The quantitative estimate of drug-likeness (QED) is 0.183. The maximum absolute atomic E-state index is 10.9. The average Bonchev–Trinajstić information content (AvgIpc) is 3.40. The number of aromatic nitrogens is 3. The van der Waals surface area contributed by atoms with E-state index in [0.29, 0.717) is 11.4 Å². The minimum absolute atomic E-state index is 0. The number of phenols is 1. The van der Waals surface area contributed by atoms with Gasteiger partial charge in [-0.05, 0) is 58.1 Å². The molecule has 0 amide bonds. The summed E-state index contributed by atoms with van der Waals surface area (Å²) in [7, 11) is 0. The Morgan fingerprint density at radius 3 is 2.23 bits per heavy atom. The summed E-state index contributed by atoms with van der Waals surface area (Å²) in [5.74, 6) is 0.881. The molecule has 1 N–H and O–H groups in total. The summed E-state index contributed by atoms with van der Waals surface area (Å²) in [6.45, 7) is 6.68. The summed E-state index contributed by atoms with van der Waals surface area (Å²) in [6.07, 6.45) is 1.86. The fraction of sp³-hybridized carbons (Fsp3) is 0.105. The number of para-hydroxylation sites is 2. The topological polar surface area (TPSA) is 50.9 Å². The van der Waals surface area contributed by atoms with Gasteiger partial charge in [0.15, 0.2) is 0 Å².